The number of halogens is 2. The number of ether oxygens (including phenoxy) is 1. The van der Waals surface area contributed by atoms with E-state index in [1.54, 1.807) is 39.0 Å². The van der Waals surface area contributed by atoms with Crippen molar-refractivity contribution in [3.05, 3.63) is 76.9 Å². The Morgan fingerprint density at radius 2 is 1.78 bits per heavy atom. The van der Waals surface area contributed by atoms with Crippen LogP contribution in [0.3, 0.4) is 0 Å². The van der Waals surface area contributed by atoms with Crippen LogP contribution in [0.5, 0.6) is 0 Å². The number of likely N-dealkylation sites (tertiary alicyclic amines) is 1. The number of anilines is 1. The minimum Gasteiger partial charge on any atom is -0.444 e. The van der Waals surface area contributed by atoms with Gasteiger partial charge in [0.2, 0.25) is 0 Å². The van der Waals surface area contributed by atoms with Crippen molar-refractivity contribution in [2.24, 2.45) is 5.92 Å². The SMILES string of the molecule is Cc1ccc(N[C@H]2CN(C(=O)OC(C)(C)C)CC2(F)F)cc1C(=O)N[C@H](C)c1ccc(C#CC2CCNCC2)c2ccccc12. The van der Waals surface area contributed by atoms with E-state index in [1.165, 1.54) is 0 Å². The number of fused-ring (bicyclic) bond motifs is 1. The summed E-state index contributed by atoms with van der Waals surface area (Å²) in [5.74, 6) is 3.76. The molecule has 7 nitrogen and oxygen atoms in total. The number of carbonyl (C=O) groups excluding carboxylic acids is 2. The van der Waals surface area contributed by atoms with E-state index in [0.717, 1.165) is 52.7 Å². The second kappa shape index (κ2) is 13.1. The zero-order valence-corrected chi connectivity index (χ0v) is 26.6. The molecule has 2 fully saturated rings. The van der Waals surface area contributed by atoms with Gasteiger partial charge in [-0.2, -0.15) is 0 Å². The Morgan fingerprint density at radius 1 is 1.07 bits per heavy atom. The van der Waals surface area contributed by atoms with E-state index >= 15 is 0 Å². The fraction of sp³-hybridized carbons (Fsp3) is 0.444. The molecule has 2 heterocycles. The van der Waals surface area contributed by atoms with Gasteiger partial charge in [0.05, 0.1) is 19.1 Å². The monoisotopic (exact) mass is 616 g/mol. The zero-order chi connectivity index (χ0) is 32.4. The van der Waals surface area contributed by atoms with E-state index in [-0.39, 0.29) is 18.5 Å². The fourth-order valence-corrected chi connectivity index (χ4v) is 5.86. The number of nitrogens with zero attached hydrogens (tertiary/aromatic N) is 1. The van der Waals surface area contributed by atoms with Gasteiger partial charge in [0.15, 0.2) is 0 Å². The largest absolute Gasteiger partial charge is 0.444 e. The van der Waals surface area contributed by atoms with Crippen LogP contribution in [0.25, 0.3) is 10.8 Å². The molecule has 0 saturated carbocycles. The molecule has 0 aromatic heterocycles. The number of amides is 2. The molecule has 0 aliphatic carbocycles. The van der Waals surface area contributed by atoms with Crippen molar-refractivity contribution >= 4 is 28.5 Å². The molecule has 3 aromatic rings. The summed E-state index contributed by atoms with van der Waals surface area (Å²) in [6, 6.07) is 15.4. The Labute approximate surface area is 264 Å². The van der Waals surface area contributed by atoms with Crippen LogP contribution in [0.4, 0.5) is 19.3 Å². The van der Waals surface area contributed by atoms with Crippen LogP contribution in [0.2, 0.25) is 0 Å². The molecule has 2 atom stereocenters. The molecule has 2 saturated heterocycles. The maximum atomic E-state index is 14.9. The minimum atomic E-state index is -3.18. The Morgan fingerprint density at radius 3 is 2.49 bits per heavy atom. The molecule has 3 N–H and O–H groups in total. The lowest BCUT2D eigenvalue weighted by Crippen LogP contribution is -2.38. The van der Waals surface area contributed by atoms with Crippen molar-refractivity contribution in [2.45, 2.75) is 71.1 Å². The second-order valence-corrected chi connectivity index (χ2v) is 13.1. The van der Waals surface area contributed by atoms with E-state index in [9.17, 15) is 18.4 Å². The second-order valence-electron chi connectivity index (χ2n) is 13.1. The molecule has 0 radical (unpaired) electrons. The van der Waals surface area contributed by atoms with Gasteiger partial charge in [-0.3, -0.25) is 9.69 Å². The van der Waals surface area contributed by atoms with Crippen molar-refractivity contribution in [1.82, 2.24) is 15.5 Å². The lowest BCUT2D eigenvalue weighted by Gasteiger charge is -2.24. The van der Waals surface area contributed by atoms with Gasteiger partial charge in [-0.1, -0.05) is 48.2 Å². The van der Waals surface area contributed by atoms with Gasteiger partial charge in [-0.15, -0.1) is 0 Å². The molecule has 0 spiro atoms. The summed E-state index contributed by atoms with van der Waals surface area (Å²) >= 11 is 0. The summed E-state index contributed by atoms with van der Waals surface area (Å²) in [6.45, 7) is 9.84. The minimum absolute atomic E-state index is 0.223. The number of hydrogen-bond donors (Lipinski definition) is 3. The van der Waals surface area contributed by atoms with Gasteiger partial charge in [0.1, 0.15) is 11.6 Å². The predicted molar refractivity (Wildman–Crippen MR) is 174 cm³/mol. The number of carbonyl (C=O) groups is 2. The van der Waals surface area contributed by atoms with Gasteiger partial charge in [0, 0.05) is 22.7 Å². The average Bonchev–Trinajstić information content (AvgIpc) is 3.30. The topological polar surface area (TPSA) is 82.7 Å². The summed E-state index contributed by atoms with van der Waals surface area (Å²) in [6.07, 6.45) is 1.32. The van der Waals surface area contributed by atoms with E-state index in [2.05, 4.69) is 33.9 Å². The highest BCUT2D eigenvalue weighted by atomic mass is 19.3. The first-order chi connectivity index (χ1) is 21.3. The van der Waals surface area contributed by atoms with Crippen LogP contribution in [0.15, 0.2) is 54.6 Å². The summed E-state index contributed by atoms with van der Waals surface area (Å²) in [5.41, 5.74) is 2.61. The number of piperidine rings is 1. The molecule has 45 heavy (non-hydrogen) atoms. The van der Waals surface area contributed by atoms with Crippen molar-refractivity contribution in [3.63, 3.8) is 0 Å². The highest BCUT2D eigenvalue weighted by molar-refractivity contribution is 5.97. The Hall–Kier alpha value is -4.16. The first kappa shape index (κ1) is 32.2. The first-order valence-corrected chi connectivity index (χ1v) is 15.6. The summed E-state index contributed by atoms with van der Waals surface area (Å²) in [5, 5.41) is 11.4. The number of hydrogen-bond acceptors (Lipinski definition) is 5. The maximum Gasteiger partial charge on any atom is 0.410 e. The summed E-state index contributed by atoms with van der Waals surface area (Å²) in [7, 11) is 0. The maximum absolute atomic E-state index is 14.9. The lowest BCUT2D eigenvalue weighted by atomic mass is 9.94. The van der Waals surface area contributed by atoms with E-state index in [4.69, 9.17) is 4.74 Å². The molecule has 9 heteroatoms. The predicted octanol–water partition coefficient (Wildman–Crippen LogP) is 6.66. The lowest BCUT2D eigenvalue weighted by molar-refractivity contribution is -0.00635. The highest BCUT2D eigenvalue weighted by Gasteiger charge is 2.50. The molecule has 238 valence electrons. The number of alkyl halides is 2. The summed E-state index contributed by atoms with van der Waals surface area (Å²) in [4.78, 5) is 27.0. The van der Waals surface area contributed by atoms with E-state index < -0.39 is 30.2 Å². The Balaban J connectivity index is 1.30. The number of rotatable bonds is 5. The average molecular weight is 617 g/mol. The van der Waals surface area contributed by atoms with Gasteiger partial charge < -0.3 is 20.7 Å². The Bertz CT molecular complexity index is 1630. The van der Waals surface area contributed by atoms with Crippen LogP contribution >= 0.6 is 0 Å². The quantitative estimate of drug-likeness (QED) is 0.280. The molecule has 2 aliphatic rings. The number of nitrogens with one attached hydrogen (secondary N) is 3. The number of benzene rings is 3. The van der Waals surface area contributed by atoms with Crippen LogP contribution in [-0.2, 0) is 4.74 Å². The fourth-order valence-electron chi connectivity index (χ4n) is 5.86. The molecule has 0 bridgehead atoms. The van der Waals surface area contributed by atoms with Gasteiger partial charge in [-0.05, 0) is 101 Å². The smallest absolute Gasteiger partial charge is 0.410 e. The van der Waals surface area contributed by atoms with Gasteiger partial charge >= 0.3 is 6.09 Å². The van der Waals surface area contributed by atoms with Crippen molar-refractivity contribution in [1.29, 1.82) is 0 Å². The van der Waals surface area contributed by atoms with Crippen LogP contribution in [0.1, 0.15) is 73.6 Å². The normalized spacial score (nSPS) is 19.0. The first-order valence-electron chi connectivity index (χ1n) is 15.6. The van der Waals surface area contributed by atoms with E-state index in [0.29, 0.717) is 22.7 Å². The van der Waals surface area contributed by atoms with E-state index in [1.807, 2.05) is 44.2 Å². The standard InChI is InChI=1S/C36H42F2N4O3/c1-23-10-14-27(41-32-21-42(22-36(32,37)38)34(44)45-35(3,4)5)20-31(23)33(43)40-24(2)28-15-13-26(29-8-6-7-9-30(28)29)12-11-25-16-18-39-19-17-25/h6-10,13-15,20,24-25,32,39,41H,16-19,21-22H2,1-5H3,(H,40,43)/t24-,32+/m1/s1. The third kappa shape index (κ3) is 7.74. The zero-order valence-electron chi connectivity index (χ0n) is 26.6. The summed E-state index contributed by atoms with van der Waals surface area (Å²) < 4.78 is 35.2. The molecular weight excluding hydrogens is 574 g/mol. The van der Waals surface area contributed by atoms with Crippen molar-refractivity contribution in [3.8, 4) is 11.8 Å². The van der Waals surface area contributed by atoms with Crippen LogP contribution in [-0.4, -0.2) is 60.6 Å². The third-order valence-corrected chi connectivity index (χ3v) is 8.31. The van der Waals surface area contributed by atoms with Crippen LogP contribution in [0, 0.1) is 24.7 Å². The van der Waals surface area contributed by atoms with Crippen molar-refractivity contribution in [2.75, 3.05) is 31.5 Å². The third-order valence-electron chi connectivity index (χ3n) is 8.31. The Kier molecular flexibility index (Phi) is 9.36. The van der Waals surface area contributed by atoms with Crippen LogP contribution < -0.4 is 16.0 Å². The highest BCUT2D eigenvalue weighted by Crippen LogP contribution is 2.32. The molecule has 3 aromatic carbocycles. The number of aryl methyl sites for hydroxylation is 1. The van der Waals surface area contributed by atoms with Crippen molar-refractivity contribution < 1.29 is 23.1 Å². The molecule has 0 unspecified atom stereocenters. The molecular formula is C36H42F2N4O3. The van der Waals surface area contributed by atoms with Gasteiger partial charge in [0.25, 0.3) is 11.8 Å². The molecule has 2 aliphatic heterocycles. The molecule has 5 rings (SSSR count). The molecule has 2 amide bonds. The van der Waals surface area contributed by atoms with Gasteiger partial charge in [-0.25, -0.2) is 13.6 Å².